The van der Waals surface area contributed by atoms with Gasteiger partial charge in [0.05, 0.1) is 6.10 Å². The minimum absolute atomic E-state index is 0.132. The van der Waals surface area contributed by atoms with Crippen molar-refractivity contribution in [2.24, 2.45) is 5.92 Å². The van der Waals surface area contributed by atoms with Crippen molar-refractivity contribution in [3.05, 3.63) is 11.6 Å². The molecule has 0 spiro atoms. The topological polar surface area (TPSA) is 20.2 Å². The lowest BCUT2D eigenvalue weighted by atomic mass is 9.81. The second kappa shape index (κ2) is 7.05. The van der Waals surface area contributed by atoms with Gasteiger partial charge < -0.3 is 5.11 Å². The van der Waals surface area contributed by atoms with Gasteiger partial charge in [0.1, 0.15) is 0 Å². The zero-order valence-electron chi connectivity index (χ0n) is 10.3. The highest BCUT2D eigenvalue weighted by atomic mass is 16.3. The van der Waals surface area contributed by atoms with Crippen LogP contribution in [0, 0.1) is 5.92 Å². The maximum Gasteiger partial charge on any atom is 0.0752 e. The molecule has 15 heavy (non-hydrogen) atoms. The molecule has 1 heteroatoms. The third-order valence-electron chi connectivity index (χ3n) is 3.49. The van der Waals surface area contributed by atoms with Crippen LogP contribution in [0.3, 0.4) is 0 Å². The van der Waals surface area contributed by atoms with Crippen molar-refractivity contribution in [3.8, 4) is 0 Å². The molecule has 0 aliphatic heterocycles. The fraction of sp³-hybridized carbons (Fsp3) is 0.857. The van der Waals surface area contributed by atoms with E-state index < -0.39 is 0 Å². The molecule has 1 aliphatic carbocycles. The monoisotopic (exact) mass is 210 g/mol. The molecule has 0 heterocycles. The molecule has 1 saturated carbocycles. The van der Waals surface area contributed by atoms with Crippen LogP contribution in [0.2, 0.25) is 0 Å². The minimum Gasteiger partial charge on any atom is -0.389 e. The third kappa shape index (κ3) is 4.38. The van der Waals surface area contributed by atoms with E-state index in [1.165, 1.54) is 37.7 Å². The highest BCUT2D eigenvalue weighted by Crippen LogP contribution is 2.32. The molecule has 0 amide bonds. The van der Waals surface area contributed by atoms with Crippen LogP contribution >= 0.6 is 0 Å². The van der Waals surface area contributed by atoms with Gasteiger partial charge in [-0.3, -0.25) is 0 Å². The van der Waals surface area contributed by atoms with E-state index in [2.05, 4.69) is 19.9 Å². The molecule has 0 bridgehead atoms. The summed E-state index contributed by atoms with van der Waals surface area (Å²) in [6.07, 6.45) is 11.8. The molecule has 88 valence electrons. The van der Waals surface area contributed by atoms with Crippen LogP contribution in [-0.2, 0) is 0 Å². The van der Waals surface area contributed by atoms with E-state index in [9.17, 15) is 5.11 Å². The molecule has 1 aliphatic rings. The van der Waals surface area contributed by atoms with E-state index in [1.807, 2.05) is 0 Å². The fourth-order valence-electron chi connectivity index (χ4n) is 2.45. The van der Waals surface area contributed by atoms with Crippen molar-refractivity contribution < 1.29 is 5.11 Å². The number of rotatable bonds is 5. The largest absolute Gasteiger partial charge is 0.389 e. The normalized spacial score (nSPS) is 29.7. The van der Waals surface area contributed by atoms with Gasteiger partial charge in [-0.05, 0) is 37.2 Å². The SMILES string of the molecule is CCC/C=C1/CCC(CCCC)CC1O. The first kappa shape index (κ1) is 12.8. The summed E-state index contributed by atoms with van der Waals surface area (Å²) in [5, 5.41) is 10.00. The predicted octanol–water partition coefficient (Wildman–Crippen LogP) is 4.06. The maximum absolute atomic E-state index is 10.00. The van der Waals surface area contributed by atoms with Crippen LogP contribution in [0.15, 0.2) is 11.6 Å². The van der Waals surface area contributed by atoms with Crippen molar-refractivity contribution in [3.63, 3.8) is 0 Å². The van der Waals surface area contributed by atoms with Gasteiger partial charge in [0.2, 0.25) is 0 Å². The molecule has 2 unspecified atom stereocenters. The van der Waals surface area contributed by atoms with Crippen LogP contribution in [0.4, 0.5) is 0 Å². The van der Waals surface area contributed by atoms with Crippen molar-refractivity contribution in [2.75, 3.05) is 0 Å². The summed E-state index contributed by atoms with van der Waals surface area (Å²) in [6.45, 7) is 4.43. The molecular formula is C14H26O. The summed E-state index contributed by atoms with van der Waals surface area (Å²) in [7, 11) is 0. The van der Waals surface area contributed by atoms with E-state index in [-0.39, 0.29) is 6.10 Å². The smallest absolute Gasteiger partial charge is 0.0752 e. The summed E-state index contributed by atoms with van der Waals surface area (Å²) < 4.78 is 0. The number of allylic oxidation sites excluding steroid dienone is 1. The summed E-state index contributed by atoms with van der Waals surface area (Å²) in [6, 6.07) is 0. The Morgan fingerprint density at radius 2 is 2.13 bits per heavy atom. The van der Waals surface area contributed by atoms with Gasteiger partial charge >= 0.3 is 0 Å². The van der Waals surface area contributed by atoms with E-state index in [4.69, 9.17) is 0 Å². The standard InChI is InChI=1S/C14H26O/c1-3-5-7-12-9-10-13(8-6-4-2)14(15)11-12/h8,12,14-15H,3-7,9-11H2,1-2H3/b13-8-. The first-order valence-corrected chi connectivity index (χ1v) is 6.64. The highest BCUT2D eigenvalue weighted by Gasteiger charge is 2.23. The van der Waals surface area contributed by atoms with Crippen molar-refractivity contribution >= 4 is 0 Å². The van der Waals surface area contributed by atoms with Crippen LogP contribution < -0.4 is 0 Å². The van der Waals surface area contributed by atoms with Gasteiger partial charge in [0.15, 0.2) is 0 Å². The van der Waals surface area contributed by atoms with Crippen LogP contribution in [0.1, 0.15) is 65.2 Å². The maximum atomic E-state index is 10.00. The average Bonchev–Trinajstić information content (AvgIpc) is 2.25. The molecule has 0 aromatic carbocycles. The third-order valence-corrected chi connectivity index (χ3v) is 3.49. The first-order chi connectivity index (χ1) is 7.27. The second-order valence-corrected chi connectivity index (χ2v) is 4.87. The lowest BCUT2D eigenvalue weighted by molar-refractivity contribution is 0.143. The Morgan fingerprint density at radius 1 is 1.33 bits per heavy atom. The fourth-order valence-corrected chi connectivity index (χ4v) is 2.45. The Kier molecular flexibility index (Phi) is 6.00. The molecule has 1 N–H and O–H groups in total. The Morgan fingerprint density at radius 3 is 2.73 bits per heavy atom. The number of aliphatic hydroxyl groups excluding tert-OH is 1. The molecule has 1 rings (SSSR count). The van der Waals surface area contributed by atoms with Gasteiger partial charge in [0.25, 0.3) is 0 Å². The minimum atomic E-state index is -0.132. The Hall–Kier alpha value is -0.300. The van der Waals surface area contributed by atoms with Gasteiger partial charge in [-0.2, -0.15) is 0 Å². The van der Waals surface area contributed by atoms with Crippen molar-refractivity contribution in [1.29, 1.82) is 0 Å². The molecular weight excluding hydrogens is 184 g/mol. The Bertz CT molecular complexity index is 196. The summed E-state index contributed by atoms with van der Waals surface area (Å²) in [4.78, 5) is 0. The summed E-state index contributed by atoms with van der Waals surface area (Å²) in [5.74, 6) is 0.777. The van der Waals surface area contributed by atoms with E-state index in [0.29, 0.717) is 0 Å². The molecule has 0 radical (unpaired) electrons. The zero-order valence-corrected chi connectivity index (χ0v) is 10.3. The quantitative estimate of drug-likeness (QED) is 0.678. The number of unbranched alkanes of at least 4 members (excludes halogenated alkanes) is 2. The molecule has 2 atom stereocenters. The highest BCUT2D eigenvalue weighted by molar-refractivity contribution is 5.11. The van der Waals surface area contributed by atoms with Gasteiger partial charge in [-0.15, -0.1) is 0 Å². The summed E-state index contributed by atoms with van der Waals surface area (Å²) >= 11 is 0. The average molecular weight is 210 g/mol. The summed E-state index contributed by atoms with van der Waals surface area (Å²) in [5.41, 5.74) is 1.31. The predicted molar refractivity (Wildman–Crippen MR) is 65.9 cm³/mol. The van der Waals surface area contributed by atoms with Crippen LogP contribution in [0.25, 0.3) is 0 Å². The molecule has 0 aromatic heterocycles. The Labute approximate surface area is 94.6 Å². The van der Waals surface area contributed by atoms with E-state index in [1.54, 1.807) is 0 Å². The second-order valence-electron chi connectivity index (χ2n) is 4.87. The number of hydrogen-bond donors (Lipinski definition) is 1. The van der Waals surface area contributed by atoms with Gasteiger partial charge in [0, 0.05) is 0 Å². The lowest BCUT2D eigenvalue weighted by Crippen LogP contribution is -2.22. The van der Waals surface area contributed by atoms with Gasteiger partial charge in [-0.25, -0.2) is 0 Å². The van der Waals surface area contributed by atoms with Crippen molar-refractivity contribution in [2.45, 2.75) is 71.3 Å². The number of hydrogen-bond acceptors (Lipinski definition) is 1. The molecule has 0 saturated heterocycles. The van der Waals surface area contributed by atoms with E-state index >= 15 is 0 Å². The molecule has 1 fully saturated rings. The van der Waals surface area contributed by atoms with Crippen LogP contribution in [0.5, 0.6) is 0 Å². The zero-order chi connectivity index (χ0) is 11.1. The number of aliphatic hydroxyl groups is 1. The molecule has 0 aromatic rings. The lowest BCUT2D eigenvalue weighted by Gasteiger charge is -2.28. The molecule has 1 nitrogen and oxygen atoms in total. The van der Waals surface area contributed by atoms with Crippen molar-refractivity contribution in [1.82, 2.24) is 0 Å². The first-order valence-electron chi connectivity index (χ1n) is 6.64. The van der Waals surface area contributed by atoms with Crippen LogP contribution in [-0.4, -0.2) is 11.2 Å². The van der Waals surface area contributed by atoms with E-state index in [0.717, 1.165) is 25.2 Å². The Balaban J connectivity index is 2.34. The van der Waals surface area contributed by atoms with Gasteiger partial charge in [-0.1, -0.05) is 45.6 Å².